The van der Waals surface area contributed by atoms with Crippen molar-refractivity contribution in [2.45, 2.75) is 39.5 Å². The van der Waals surface area contributed by atoms with E-state index in [1.807, 2.05) is 13.8 Å². The number of aryl methyl sites for hydroxylation is 1. The lowest BCUT2D eigenvalue weighted by atomic mass is 9.93. The second-order valence-electron chi connectivity index (χ2n) is 6.24. The highest BCUT2D eigenvalue weighted by Gasteiger charge is 2.28. The van der Waals surface area contributed by atoms with E-state index < -0.39 is 5.97 Å². The molecule has 0 unspecified atom stereocenters. The quantitative estimate of drug-likeness (QED) is 0.571. The van der Waals surface area contributed by atoms with Crippen LogP contribution in [-0.2, 0) is 11.2 Å². The summed E-state index contributed by atoms with van der Waals surface area (Å²) in [4.78, 5) is 28.5. The van der Waals surface area contributed by atoms with Crippen molar-refractivity contribution in [2.75, 3.05) is 6.61 Å². The summed E-state index contributed by atoms with van der Waals surface area (Å²) in [6, 6.07) is 1.67. The van der Waals surface area contributed by atoms with Crippen molar-refractivity contribution in [2.24, 2.45) is 5.10 Å². The number of hydrogen-bond donors (Lipinski definition) is 1. The van der Waals surface area contributed by atoms with Crippen LogP contribution >= 0.6 is 15.9 Å². The second-order valence-corrected chi connectivity index (χ2v) is 7.15. The molecule has 2 aromatic heterocycles. The summed E-state index contributed by atoms with van der Waals surface area (Å²) in [5.74, 6) is 0.101. The van der Waals surface area contributed by atoms with Crippen molar-refractivity contribution in [3.63, 3.8) is 0 Å². The number of rotatable bonds is 5. The van der Waals surface area contributed by atoms with Crippen LogP contribution in [0.15, 0.2) is 32.5 Å². The van der Waals surface area contributed by atoms with Crippen LogP contribution in [-0.4, -0.2) is 29.2 Å². The molecule has 0 saturated carbocycles. The molecule has 27 heavy (non-hydrogen) atoms. The standard InChI is InChI=1S/C19H20BrN3O4/c1-3-7-26-19(25)17-11(2)16-14(5-4-6-15(16)27-17)22-23-18(24)12-8-13(20)10-21-9-12/h8-10H,3-7H2,1-2H3,(H,23,24)/b22-14+. The minimum Gasteiger partial charge on any atom is -0.460 e. The highest BCUT2D eigenvalue weighted by molar-refractivity contribution is 9.10. The van der Waals surface area contributed by atoms with Gasteiger partial charge in [-0.25, -0.2) is 10.2 Å². The van der Waals surface area contributed by atoms with Crippen molar-refractivity contribution >= 4 is 33.5 Å². The van der Waals surface area contributed by atoms with Gasteiger partial charge in [-0.3, -0.25) is 9.78 Å². The molecule has 8 heteroatoms. The summed E-state index contributed by atoms with van der Waals surface area (Å²) < 4.78 is 11.6. The highest BCUT2D eigenvalue weighted by atomic mass is 79.9. The smallest absolute Gasteiger partial charge is 0.374 e. The third-order valence-corrected chi connectivity index (χ3v) is 4.64. The lowest BCUT2D eigenvalue weighted by Gasteiger charge is -2.13. The second kappa shape index (κ2) is 8.47. The first-order valence-electron chi connectivity index (χ1n) is 8.78. The van der Waals surface area contributed by atoms with Gasteiger partial charge in [-0.05, 0) is 48.2 Å². The maximum Gasteiger partial charge on any atom is 0.374 e. The number of carbonyl (C=O) groups is 2. The van der Waals surface area contributed by atoms with E-state index in [-0.39, 0.29) is 11.7 Å². The number of halogens is 1. The Kier molecular flexibility index (Phi) is 6.05. The molecule has 0 aliphatic heterocycles. The Balaban J connectivity index is 1.83. The van der Waals surface area contributed by atoms with Gasteiger partial charge < -0.3 is 9.15 Å². The molecular weight excluding hydrogens is 414 g/mol. The maximum absolute atomic E-state index is 12.3. The van der Waals surface area contributed by atoms with Crippen LogP contribution in [0.3, 0.4) is 0 Å². The van der Waals surface area contributed by atoms with E-state index in [4.69, 9.17) is 9.15 Å². The van der Waals surface area contributed by atoms with Gasteiger partial charge in [0.2, 0.25) is 5.76 Å². The molecule has 7 nitrogen and oxygen atoms in total. The molecule has 0 spiro atoms. The molecule has 1 amide bonds. The number of hydrazone groups is 1. The Bertz CT molecular complexity index is 904. The summed E-state index contributed by atoms with van der Waals surface area (Å²) in [5.41, 5.74) is 5.15. The predicted octanol–water partition coefficient (Wildman–Crippen LogP) is 3.78. The van der Waals surface area contributed by atoms with Gasteiger partial charge >= 0.3 is 5.97 Å². The third kappa shape index (κ3) is 4.27. The number of nitrogens with zero attached hydrogens (tertiary/aromatic N) is 2. The molecule has 1 aliphatic rings. The predicted molar refractivity (Wildman–Crippen MR) is 103 cm³/mol. The fraction of sp³-hybridized carbons (Fsp3) is 0.368. The largest absolute Gasteiger partial charge is 0.460 e. The molecule has 0 aromatic carbocycles. The Morgan fingerprint density at radius 1 is 1.37 bits per heavy atom. The molecule has 0 saturated heterocycles. The number of furan rings is 1. The van der Waals surface area contributed by atoms with Crippen molar-refractivity contribution in [1.29, 1.82) is 0 Å². The van der Waals surface area contributed by atoms with Crippen molar-refractivity contribution in [3.8, 4) is 0 Å². The molecule has 2 heterocycles. The molecule has 1 N–H and O–H groups in total. The molecule has 142 valence electrons. The van der Waals surface area contributed by atoms with Crippen LogP contribution < -0.4 is 5.43 Å². The van der Waals surface area contributed by atoms with Crippen molar-refractivity contribution in [3.05, 3.63) is 51.1 Å². The van der Waals surface area contributed by atoms with E-state index in [0.29, 0.717) is 40.1 Å². The number of carbonyl (C=O) groups excluding carboxylic acids is 2. The SMILES string of the molecule is CCCOC(=O)c1oc2c(c1C)/C(=N/NC(=O)c1cncc(Br)c1)CCC2. The Morgan fingerprint density at radius 2 is 2.19 bits per heavy atom. The first-order chi connectivity index (χ1) is 13.0. The van der Waals surface area contributed by atoms with E-state index in [0.717, 1.165) is 24.8 Å². The zero-order valence-electron chi connectivity index (χ0n) is 15.2. The molecular formula is C19H20BrN3O4. The molecule has 2 aromatic rings. The number of aromatic nitrogens is 1. The number of esters is 1. The van der Waals surface area contributed by atoms with Gasteiger partial charge in [-0.15, -0.1) is 0 Å². The first kappa shape index (κ1) is 19.3. The summed E-state index contributed by atoms with van der Waals surface area (Å²) in [6.07, 6.45) is 6.06. The molecule has 0 radical (unpaired) electrons. The molecule has 1 aliphatic carbocycles. The van der Waals surface area contributed by atoms with Crippen LogP contribution in [0, 0.1) is 6.92 Å². The fourth-order valence-corrected chi connectivity index (χ4v) is 3.32. The van der Waals surface area contributed by atoms with Crippen LogP contribution in [0.5, 0.6) is 0 Å². The van der Waals surface area contributed by atoms with Crippen molar-refractivity contribution in [1.82, 2.24) is 10.4 Å². The Labute approximate surface area is 165 Å². The average molecular weight is 434 g/mol. The number of fused-ring (bicyclic) bond motifs is 1. The van der Waals surface area contributed by atoms with Gasteiger partial charge in [0.25, 0.3) is 5.91 Å². The molecule has 0 atom stereocenters. The van der Waals surface area contributed by atoms with E-state index >= 15 is 0 Å². The van der Waals surface area contributed by atoms with Crippen molar-refractivity contribution < 1.29 is 18.7 Å². The van der Waals surface area contributed by atoms with E-state index in [1.54, 1.807) is 12.3 Å². The number of ether oxygens (including phenoxy) is 1. The monoisotopic (exact) mass is 433 g/mol. The summed E-state index contributed by atoms with van der Waals surface area (Å²) in [7, 11) is 0. The summed E-state index contributed by atoms with van der Waals surface area (Å²) in [5, 5.41) is 4.29. The third-order valence-electron chi connectivity index (χ3n) is 4.21. The van der Waals surface area contributed by atoms with Crippen LogP contribution in [0.1, 0.15) is 64.0 Å². The van der Waals surface area contributed by atoms with Gasteiger partial charge in [-0.2, -0.15) is 5.10 Å². The van der Waals surface area contributed by atoms with Gasteiger partial charge in [-0.1, -0.05) is 6.92 Å². The maximum atomic E-state index is 12.3. The highest BCUT2D eigenvalue weighted by Crippen LogP contribution is 2.30. The van der Waals surface area contributed by atoms with E-state index in [1.165, 1.54) is 6.20 Å². The van der Waals surface area contributed by atoms with Gasteiger partial charge in [0.15, 0.2) is 0 Å². The molecule has 0 fully saturated rings. The lowest BCUT2D eigenvalue weighted by molar-refractivity contribution is 0.0465. The minimum absolute atomic E-state index is 0.213. The van der Waals surface area contributed by atoms with Crippen LogP contribution in [0.25, 0.3) is 0 Å². The topological polar surface area (TPSA) is 93.8 Å². The van der Waals surface area contributed by atoms with E-state index in [9.17, 15) is 9.59 Å². The molecule has 3 rings (SSSR count). The zero-order valence-corrected chi connectivity index (χ0v) is 16.8. The number of pyridine rings is 1. The lowest BCUT2D eigenvalue weighted by Crippen LogP contribution is -2.22. The fourth-order valence-electron chi connectivity index (χ4n) is 2.95. The van der Waals surface area contributed by atoms with Crippen LogP contribution in [0.4, 0.5) is 0 Å². The first-order valence-corrected chi connectivity index (χ1v) is 9.57. The number of hydrogen-bond acceptors (Lipinski definition) is 6. The van der Waals surface area contributed by atoms with Gasteiger partial charge in [0.1, 0.15) is 5.76 Å². The van der Waals surface area contributed by atoms with Gasteiger partial charge in [0.05, 0.1) is 17.9 Å². The van der Waals surface area contributed by atoms with Crippen LogP contribution in [0.2, 0.25) is 0 Å². The molecule has 0 bridgehead atoms. The normalized spacial score (nSPS) is 14.7. The minimum atomic E-state index is -0.465. The Hall–Kier alpha value is -2.48. The average Bonchev–Trinajstić information content (AvgIpc) is 3.01. The van der Waals surface area contributed by atoms with Gasteiger partial charge in [0, 0.05) is 34.4 Å². The summed E-state index contributed by atoms with van der Waals surface area (Å²) in [6.45, 7) is 4.09. The number of amides is 1. The van der Waals surface area contributed by atoms with E-state index in [2.05, 4.69) is 31.4 Å². The Morgan fingerprint density at radius 3 is 2.93 bits per heavy atom. The summed E-state index contributed by atoms with van der Waals surface area (Å²) >= 11 is 3.29. The number of nitrogens with one attached hydrogen (secondary N) is 1. The zero-order chi connectivity index (χ0) is 19.4.